The average Bonchev–Trinajstić information content (AvgIpc) is 2.87. The molecule has 0 bridgehead atoms. The predicted octanol–water partition coefficient (Wildman–Crippen LogP) is 4.09. The number of amides is 2. The topological polar surface area (TPSA) is 86.8 Å². The van der Waals surface area contributed by atoms with Crippen LogP contribution in [0.25, 0.3) is 0 Å². The summed E-state index contributed by atoms with van der Waals surface area (Å²) in [5.74, 6) is -0.739. The number of carbonyl (C=O) groups excluding carboxylic acids is 2. The second-order valence-electron chi connectivity index (χ2n) is 9.95. The van der Waals surface area contributed by atoms with Crippen molar-refractivity contribution in [2.24, 2.45) is 0 Å². The molecule has 7 nitrogen and oxygen atoms in total. The summed E-state index contributed by atoms with van der Waals surface area (Å²) in [5, 5.41) is 2.94. The van der Waals surface area contributed by atoms with Crippen LogP contribution >= 0.6 is 0 Å². The highest BCUT2D eigenvalue weighted by Gasteiger charge is 2.33. The molecule has 0 radical (unpaired) electrons. The van der Waals surface area contributed by atoms with Crippen LogP contribution < -0.4 is 5.32 Å². The smallest absolute Gasteiger partial charge is 0.243 e. The first-order valence-electron chi connectivity index (χ1n) is 12.7. The number of sulfonamides is 1. The Balaban J connectivity index is 1.96. The summed E-state index contributed by atoms with van der Waals surface area (Å²) in [5.41, 5.74) is 3.77. The summed E-state index contributed by atoms with van der Waals surface area (Å²) in [6.45, 7) is 7.35. The number of carbonyl (C=O) groups is 2. The third-order valence-corrected chi connectivity index (χ3v) is 8.08. The van der Waals surface area contributed by atoms with E-state index < -0.39 is 28.5 Å². The van der Waals surface area contributed by atoms with Crippen molar-refractivity contribution in [3.63, 3.8) is 0 Å². The number of hydrogen-bond acceptors (Lipinski definition) is 4. The molecule has 0 aliphatic rings. The number of aryl methyl sites for hydroxylation is 2. The van der Waals surface area contributed by atoms with Crippen LogP contribution in [0.5, 0.6) is 0 Å². The molecule has 0 saturated carbocycles. The monoisotopic (exact) mass is 535 g/mol. The largest absolute Gasteiger partial charge is 0.352 e. The van der Waals surface area contributed by atoms with Gasteiger partial charge in [0.15, 0.2) is 0 Å². The van der Waals surface area contributed by atoms with E-state index in [0.717, 1.165) is 26.6 Å². The summed E-state index contributed by atoms with van der Waals surface area (Å²) in [4.78, 5) is 28.9. The minimum atomic E-state index is -3.90. The molecule has 202 valence electrons. The van der Waals surface area contributed by atoms with Gasteiger partial charge < -0.3 is 10.2 Å². The van der Waals surface area contributed by atoms with Gasteiger partial charge in [-0.1, -0.05) is 77.9 Å². The third kappa shape index (κ3) is 7.76. The van der Waals surface area contributed by atoms with Crippen molar-refractivity contribution in [3.05, 3.63) is 101 Å². The molecule has 1 atom stereocenters. The molecule has 0 saturated heterocycles. The van der Waals surface area contributed by atoms with E-state index in [1.165, 1.54) is 24.1 Å². The SMILES string of the molecule is Cc1ccc(CN(C(=O)CN(C)S(=O)(=O)c2ccc(C)cc2)[C@@H](Cc2ccccc2)C(=O)NC(C)C)cc1. The van der Waals surface area contributed by atoms with E-state index in [4.69, 9.17) is 0 Å². The zero-order valence-electron chi connectivity index (χ0n) is 22.7. The Bertz CT molecular complexity index is 1320. The van der Waals surface area contributed by atoms with Gasteiger partial charge in [0.25, 0.3) is 0 Å². The Labute approximate surface area is 226 Å². The fraction of sp³-hybridized carbons (Fsp3) is 0.333. The third-order valence-electron chi connectivity index (χ3n) is 6.26. The Morgan fingerprint density at radius 3 is 1.92 bits per heavy atom. The van der Waals surface area contributed by atoms with Crippen LogP contribution in [0.1, 0.15) is 36.1 Å². The lowest BCUT2D eigenvalue weighted by Gasteiger charge is -2.33. The van der Waals surface area contributed by atoms with Gasteiger partial charge in [0.2, 0.25) is 21.8 Å². The minimum absolute atomic E-state index is 0.113. The van der Waals surface area contributed by atoms with E-state index in [1.807, 2.05) is 82.3 Å². The number of rotatable bonds is 11. The molecule has 0 unspecified atom stereocenters. The van der Waals surface area contributed by atoms with E-state index in [-0.39, 0.29) is 23.4 Å². The molecule has 38 heavy (non-hydrogen) atoms. The van der Waals surface area contributed by atoms with Gasteiger partial charge in [-0.25, -0.2) is 8.42 Å². The van der Waals surface area contributed by atoms with E-state index in [2.05, 4.69) is 5.32 Å². The van der Waals surface area contributed by atoms with E-state index >= 15 is 0 Å². The summed E-state index contributed by atoms with van der Waals surface area (Å²) < 4.78 is 27.5. The Morgan fingerprint density at radius 2 is 1.37 bits per heavy atom. The number of nitrogens with zero attached hydrogens (tertiary/aromatic N) is 2. The summed E-state index contributed by atoms with van der Waals surface area (Å²) in [6.07, 6.45) is 0.297. The molecule has 0 fully saturated rings. The number of benzene rings is 3. The van der Waals surface area contributed by atoms with Crippen molar-refractivity contribution < 1.29 is 18.0 Å². The van der Waals surface area contributed by atoms with Crippen molar-refractivity contribution >= 4 is 21.8 Å². The molecule has 0 aliphatic carbocycles. The molecule has 3 rings (SSSR count). The van der Waals surface area contributed by atoms with Crippen molar-refractivity contribution in [2.75, 3.05) is 13.6 Å². The molecule has 8 heteroatoms. The van der Waals surface area contributed by atoms with E-state index in [1.54, 1.807) is 12.1 Å². The molecule has 0 aliphatic heterocycles. The average molecular weight is 536 g/mol. The number of likely N-dealkylation sites (N-methyl/N-ethyl adjacent to an activating group) is 1. The molecule has 3 aromatic carbocycles. The second-order valence-corrected chi connectivity index (χ2v) is 12.0. The molecule has 3 aromatic rings. The molecule has 0 heterocycles. The van der Waals surface area contributed by atoms with Gasteiger partial charge in [0.1, 0.15) is 6.04 Å². The van der Waals surface area contributed by atoms with Gasteiger partial charge in [0, 0.05) is 26.1 Å². The minimum Gasteiger partial charge on any atom is -0.352 e. The van der Waals surface area contributed by atoms with Gasteiger partial charge in [-0.05, 0) is 51.0 Å². The van der Waals surface area contributed by atoms with Crippen LogP contribution in [0.4, 0.5) is 0 Å². The fourth-order valence-electron chi connectivity index (χ4n) is 4.08. The van der Waals surface area contributed by atoms with Gasteiger partial charge in [0.05, 0.1) is 11.4 Å². The summed E-state index contributed by atoms with van der Waals surface area (Å²) >= 11 is 0. The van der Waals surface area contributed by atoms with Crippen LogP contribution in [-0.4, -0.2) is 55.1 Å². The molecular formula is C30H37N3O4S. The van der Waals surface area contributed by atoms with E-state index in [9.17, 15) is 18.0 Å². The first-order chi connectivity index (χ1) is 18.0. The molecule has 1 N–H and O–H groups in total. The first kappa shape index (κ1) is 29.1. The Morgan fingerprint density at radius 1 is 0.816 bits per heavy atom. The first-order valence-corrected chi connectivity index (χ1v) is 14.1. The van der Waals surface area contributed by atoms with Crippen LogP contribution in [0.15, 0.2) is 83.8 Å². The number of hydrogen-bond donors (Lipinski definition) is 1. The molecule has 2 amide bonds. The van der Waals surface area contributed by atoms with Crippen LogP contribution in [0.3, 0.4) is 0 Å². The normalized spacial score (nSPS) is 12.4. The summed E-state index contributed by atoms with van der Waals surface area (Å²) in [6, 6.07) is 22.8. The molecular weight excluding hydrogens is 498 g/mol. The maximum absolute atomic E-state index is 13.8. The van der Waals surface area contributed by atoms with Crippen molar-refractivity contribution in [1.82, 2.24) is 14.5 Å². The van der Waals surface area contributed by atoms with Crippen LogP contribution in [0.2, 0.25) is 0 Å². The van der Waals surface area contributed by atoms with Crippen molar-refractivity contribution in [2.45, 2.75) is 57.6 Å². The lowest BCUT2D eigenvalue weighted by Crippen LogP contribution is -2.53. The molecule has 0 spiro atoms. The lowest BCUT2D eigenvalue weighted by molar-refractivity contribution is -0.141. The van der Waals surface area contributed by atoms with Gasteiger partial charge in [-0.15, -0.1) is 0 Å². The van der Waals surface area contributed by atoms with Gasteiger partial charge in [-0.3, -0.25) is 9.59 Å². The Hall–Kier alpha value is -3.49. The maximum atomic E-state index is 13.8. The maximum Gasteiger partial charge on any atom is 0.243 e. The van der Waals surface area contributed by atoms with Gasteiger partial charge in [-0.2, -0.15) is 4.31 Å². The van der Waals surface area contributed by atoms with E-state index in [0.29, 0.717) is 6.42 Å². The highest BCUT2D eigenvalue weighted by Crippen LogP contribution is 2.19. The highest BCUT2D eigenvalue weighted by atomic mass is 32.2. The standard InChI is InChI=1S/C30H37N3O4S/c1-22(2)31-30(35)28(19-25-9-7-6-8-10-25)33(20-26-15-11-23(3)12-16-26)29(34)21-32(5)38(36,37)27-17-13-24(4)14-18-27/h6-18,22,28H,19-21H2,1-5H3,(H,31,35)/t28-/m0/s1. The number of nitrogens with one attached hydrogen (secondary N) is 1. The lowest BCUT2D eigenvalue weighted by atomic mass is 10.0. The van der Waals surface area contributed by atoms with Crippen molar-refractivity contribution in [3.8, 4) is 0 Å². The van der Waals surface area contributed by atoms with Gasteiger partial charge >= 0.3 is 0 Å². The fourth-order valence-corrected chi connectivity index (χ4v) is 5.20. The molecule has 0 aromatic heterocycles. The summed E-state index contributed by atoms with van der Waals surface area (Å²) in [7, 11) is -2.51. The second kappa shape index (κ2) is 12.8. The highest BCUT2D eigenvalue weighted by molar-refractivity contribution is 7.89. The Kier molecular flexibility index (Phi) is 9.83. The zero-order valence-corrected chi connectivity index (χ0v) is 23.5. The van der Waals surface area contributed by atoms with Crippen molar-refractivity contribution in [1.29, 1.82) is 0 Å². The van der Waals surface area contributed by atoms with Crippen LogP contribution in [0, 0.1) is 13.8 Å². The predicted molar refractivity (Wildman–Crippen MR) is 150 cm³/mol. The zero-order chi connectivity index (χ0) is 27.9. The quantitative estimate of drug-likeness (QED) is 0.401. The van der Waals surface area contributed by atoms with Crippen LogP contribution in [-0.2, 0) is 32.6 Å².